The molecule has 0 saturated carbocycles. The van der Waals surface area contributed by atoms with Gasteiger partial charge in [0, 0.05) is 0 Å². The average molecular weight is 403 g/mol. The molecular weight excluding hydrogens is 371 g/mol. The minimum absolute atomic E-state index is 0. The zero-order valence-corrected chi connectivity index (χ0v) is 19.1. The predicted octanol–water partition coefficient (Wildman–Crippen LogP) is 0.150. The molecule has 0 radical (unpaired) electrons. The Bertz CT molecular complexity index is 301. The third kappa shape index (κ3) is 31.0. The van der Waals surface area contributed by atoms with Crippen LogP contribution in [0.2, 0.25) is 0 Å². The number of unbranched alkanes of at least 4 members (excludes halogenated alkanes) is 3. The van der Waals surface area contributed by atoms with Gasteiger partial charge >= 0.3 is 37.4 Å². The molecule has 144 valence electrons. The molecule has 0 amide bonds. The summed E-state index contributed by atoms with van der Waals surface area (Å²) in [6.07, 6.45) is 5.63. The van der Waals surface area contributed by atoms with Crippen LogP contribution in [0.15, 0.2) is 0 Å². The molecule has 0 rings (SSSR count). The molecule has 0 spiro atoms. The summed E-state index contributed by atoms with van der Waals surface area (Å²) in [6.45, 7) is 7.49. The third-order valence-electron chi connectivity index (χ3n) is 2.24. The number of phosphoric ester groups is 1. The molecule has 0 bridgehead atoms. The Morgan fingerprint density at radius 1 is 0.792 bits per heavy atom. The molecule has 0 aromatic heterocycles. The molecule has 24 heavy (non-hydrogen) atoms. The Labute approximate surface area is 167 Å². The molecule has 0 saturated heterocycles. The Hall–Kier alpha value is 1.18. The van der Waals surface area contributed by atoms with E-state index in [9.17, 15) is 4.57 Å². The van der Waals surface area contributed by atoms with E-state index in [-0.39, 0.29) is 35.7 Å². The molecule has 0 aliphatic rings. The van der Waals surface area contributed by atoms with Crippen molar-refractivity contribution in [2.75, 3.05) is 19.8 Å². The Morgan fingerprint density at radius 3 is 1.17 bits per heavy atom. The zero-order valence-electron chi connectivity index (χ0n) is 15.3. The van der Waals surface area contributed by atoms with Crippen LogP contribution in [0, 0.1) is 0 Å². The largest absolute Gasteiger partial charge is 1.00 e. The monoisotopic (exact) mass is 403 g/mol. The molecule has 0 heterocycles. The van der Waals surface area contributed by atoms with Gasteiger partial charge < -0.3 is 20.8 Å². The summed E-state index contributed by atoms with van der Waals surface area (Å²) in [7, 11) is -8.20. The maximum Gasteiger partial charge on any atom is 1.00 e. The standard InChI is InChI=1S/C12H27O4P.H3N.Na.H3O4P/c1-4-7-10-14-17(13,15-11-8-5-2)16-12-9-6-3;;;1-5(2,3)4/h4-12H2,1-3H3;1H3;;(H3,1,2,3,4)/q;;+1;/p-1. The molecule has 0 unspecified atom stereocenters. The molecule has 12 heteroatoms. The molecule has 0 aliphatic carbocycles. The zero-order chi connectivity index (χ0) is 17.5. The number of hydrogen-bond donors (Lipinski definition) is 3. The SMILES string of the molecule is CCCCOP(=O)(OCCCC)OCCCC.N.O=P([O-])(O)O.[Na+]. The van der Waals surface area contributed by atoms with Gasteiger partial charge in [0.15, 0.2) is 0 Å². The first kappa shape index (κ1) is 32.8. The van der Waals surface area contributed by atoms with Crippen molar-refractivity contribution < 1.29 is 66.9 Å². The summed E-state index contributed by atoms with van der Waals surface area (Å²) >= 11 is 0. The van der Waals surface area contributed by atoms with Crippen LogP contribution in [0.3, 0.4) is 0 Å². The van der Waals surface area contributed by atoms with Crippen LogP contribution in [0.5, 0.6) is 0 Å². The van der Waals surface area contributed by atoms with Crippen LogP contribution in [-0.4, -0.2) is 29.6 Å². The molecular formula is C12H32NNaO8P2. The van der Waals surface area contributed by atoms with E-state index in [0.29, 0.717) is 19.8 Å². The van der Waals surface area contributed by atoms with E-state index >= 15 is 0 Å². The summed E-state index contributed by atoms with van der Waals surface area (Å²) in [5, 5.41) is 0. The van der Waals surface area contributed by atoms with Crippen molar-refractivity contribution in [2.45, 2.75) is 59.3 Å². The summed E-state index contributed by atoms with van der Waals surface area (Å²) in [5.74, 6) is 0. The fourth-order valence-electron chi connectivity index (χ4n) is 1.07. The van der Waals surface area contributed by atoms with E-state index in [1.807, 2.05) is 0 Å². The average Bonchev–Trinajstić information content (AvgIpc) is 2.38. The minimum Gasteiger partial charge on any atom is -0.756 e. The second-order valence-electron chi connectivity index (χ2n) is 4.50. The molecule has 0 atom stereocenters. The molecule has 0 aliphatic heterocycles. The first-order valence-corrected chi connectivity index (χ1v) is 10.5. The van der Waals surface area contributed by atoms with E-state index in [2.05, 4.69) is 20.8 Å². The van der Waals surface area contributed by atoms with Gasteiger partial charge in [-0.05, 0) is 19.3 Å². The van der Waals surface area contributed by atoms with Gasteiger partial charge in [0.25, 0.3) is 7.82 Å². The van der Waals surface area contributed by atoms with Gasteiger partial charge in [-0.2, -0.15) is 0 Å². The summed E-state index contributed by atoms with van der Waals surface area (Å²) in [4.78, 5) is 22.9. The quantitative estimate of drug-likeness (QED) is 0.234. The van der Waals surface area contributed by atoms with Gasteiger partial charge in [-0.15, -0.1) is 0 Å². The Morgan fingerprint density at radius 2 is 1.00 bits per heavy atom. The summed E-state index contributed by atoms with van der Waals surface area (Å²) in [5.41, 5.74) is 0. The summed E-state index contributed by atoms with van der Waals surface area (Å²) < 4.78 is 36.8. The van der Waals surface area contributed by atoms with E-state index in [4.69, 9.17) is 32.8 Å². The van der Waals surface area contributed by atoms with Crippen LogP contribution in [0.25, 0.3) is 0 Å². The van der Waals surface area contributed by atoms with Crippen molar-refractivity contribution in [3.63, 3.8) is 0 Å². The second-order valence-corrected chi connectivity index (χ2v) is 7.15. The first-order valence-electron chi connectivity index (χ1n) is 7.48. The van der Waals surface area contributed by atoms with Crippen LogP contribution in [0.1, 0.15) is 59.3 Å². The van der Waals surface area contributed by atoms with E-state index in [1.165, 1.54) is 0 Å². The van der Waals surface area contributed by atoms with Crippen molar-refractivity contribution in [3.8, 4) is 0 Å². The van der Waals surface area contributed by atoms with Gasteiger partial charge in [-0.1, -0.05) is 40.0 Å². The van der Waals surface area contributed by atoms with Crippen molar-refractivity contribution in [2.24, 2.45) is 0 Å². The predicted molar refractivity (Wildman–Crippen MR) is 87.3 cm³/mol. The van der Waals surface area contributed by atoms with Gasteiger partial charge in [0.05, 0.1) is 19.8 Å². The normalized spacial score (nSPS) is 10.9. The Balaban J connectivity index is -0.000000250. The number of phosphoric acid groups is 2. The van der Waals surface area contributed by atoms with Crippen LogP contribution in [-0.2, 0) is 22.7 Å². The molecule has 5 N–H and O–H groups in total. The van der Waals surface area contributed by atoms with Gasteiger partial charge in [-0.3, -0.25) is 18.1 Å². The van der Waals surface area contributed by atoms with Crippen LogP contribution < -0.4 is 40.6 Å². The fourth-order valence-corrected chi connectivity index (χ4v) is 2.36. The van der Waals surface area contributed by atoms with Gasteiger partial charge in [0.2, 0.25) is 0 Å². The minimum atomic E-state index is -4.89. The molecule has 0 aromatic rings. The van der Waals surface area contributed by atoms with Crippen molar-refractivity contribution in [1.82, 2.24) is 6.15 Å². The van der Waals surface area contributed by atoms with Crippen LogP contribution in [0.4, 0.5) is 0 Å². The number of hydrogen-bond acceptors (Lipinski definition) is 7. The maximum absolute atomic E-state index is 12.2. The Kier molecular flexibility index (Phi) is 28.0. The van der Waals surface area contributed by atoms with E-state index < -0.39 is 15.6 Å². The molecule has 0 fully saturated rings. The fraction of sp³-hybridized carbons (Fsp3) is 1.00. The van der Waals surface area contributed by atoms with Crippen molar-refractivity contribution in [3.05, 3.63) is 0 Å². The third-order valence-corrected chi connectivity index (χ3v) is 3.74. The van der Waals surface area contributed by atoms with Crippen LogP contribution >= 0.6 is 15.6 Å². The van der Waals surface area contributed by atoms with Gasteiger partial charge in [0.1, 0.15) is 0 Å². The van der Waals surface area contributed by atoms with Crippen molar-refractivity contribution in [1.29, 1.82) is 0 Å². The smallest absolute Gasteiger partial charge is 0.756 e. The topological polar surface area (TPSA) is 160 Å². The molecule has 0 aromatic carbocycles. The van der Waals surface area contributed by atoms with E-state index in [0.717, 1.165) is 38.5 Å². The number of rotatable bonds is 12. The van der Waals surface area contributed by atoms with E-state index in [1.54, 1.807) is 0 Å². The van der Waals surface area contributed by atoms with Gasteiger partial charge in [-0.25, -0.2) is 4.57 Å². The summed E-state index contributed by atoms with van der Waals surface area (Å²) in [6, 6.07) is 0. The van der Waals surface area contributed by atoms with Crippen molar-refractivity contribution >= 4 is 15.6 Å². The second kappa shape index (κ2) is 20.5. The maximum atomic E-state index is 12.2. The molecule has 9 nitrogen and oxygen atoms in total. The first-order chi connectivity index (χ1) is 10.2.